The van der Waals surface area contributed by atoms with Crippen LogP contribution in [0.1, 0.15) is 28.4 Å². The third-order valence-electron chi connectivity index (χ3n) is 4.37. The van der Waals surface area contributed by atoms with E-state index >= 15 is 0 Å². The maximum absolute atomic E-state index is 12.6. The molecule has 1 amide bonds. The zero-order valence-corrected chi connectivity index (χ0v) is 16.7. The molecular formula is C24H25NO4. The van der Waals surface area contributed by atoms with Gasteiger partial charge in [0.05, 0.1) is 13.7 Å². The minimum atomic E-state index is -0.143. The molecule has 0 radical (unpaired) electrons. The summed E-state index contributed by atoms with van der Waals surface area (Å²) < 4.78 is 17.0. The quantitative estimate of drug-likeness (QED) is 0.579. The van der Waals surface area contributed by atoms with Crippen LogP contribution in [0.5, 0.6) is 17.2 Å². The highest BCUT2D eigenvalue weighted by Crippen LogP contribution is 2.28. The number of rotatable bonds is 9. The fourth-order valence-corrected chi connectivity index (χ4v) is 2.90. The van der Waals surface area contributed by atoms with E-state index in [9.17, 15) is 4.79 Å². The molecule has 150 valence electrons. The van der Waals surface area contributed by atoms with Crippen LogP contribution >= 0.6 is 0 Å². The van der Waals surface area contributed by atoms with E-state index in [4.69, 9.17) is 14.2 Å². The molecule has 1 N–H and O–H groups in total. The molecule has 0 fully saturated rings. The van der Waals surface area contributed by atoms with E-state index < -0.39 is 0 Å². The summed E-state index contributed by atoms with van der Waals surface area (Å²) in [6.45, 7) is 3.18. The first-order chi connectivity index (χ1) is 14.2. The average Bonchev–Trinajstić information content (AvgIpc) is 2.77. The Balaban J connectivity index is 1.73. The van der Waals surface area contributed by atoms with E-state index in [1.54, 1.807) is 19.2 Å². The number of carbonyl (C=O) groups excluding carboxylic acids is 1. The van der Waals surface area contributed by atoms with Gasteiger partial charge in [-0.1, -0.05) is 42.5 Å². The summed E-state index contributed by atoms with van der Waals surface area (Å²) in [5.74, 6) is 1.84. The fraction of sp³-hybridized carbons (Fsp3) is 0.208. The van der Waals surface area contributed by atoms with Crippen molar-refractivity contribution in [3.63, 3.8) is 0 Å². The molecule has 0 aromatic heterocycles. The molecule has 0 aliphatic rings. The van der Waals surface area contributed by atoms with Crippen LogP contribution in [0.4, 0.5) is 0 Å². The molecule has 0 aliphatic carbocycles. The molecule has 5 heteroatoms. The number of hydrogen-bond donors (Lipinski definition) is 1. The Morgan fingerprint density at radius 1 is 0.862 bits per heavy atom. The Labute approximate surface area is 171 Å². The number of hydrogen-bond acceptors (Lipinski definition) is 4. The van der Waals surface area contributed by atoms with Crippen molar-refractivity contribution >= 4 is 5.91 Å². The lowest BCUT2D eigenvalue weighted by Crippen LogP contribution is -2.23. The van der Waals surface area contributed by atoms with Gasteiger partial charge in [-0.3, -0.25) is 4.79 Å². The molecule has 5 nitrogen and oxygen atoms in total. The highest BCUT2D eigenvalue weighted by atomic mass is 16.5. The number of ether oxygens (including phenoxy) is 3. The highest BCUT2D eigenvalue weighted by molar-refractivity contribution is 5.94. The van der Waals surface area contributed by atoms with Crippen LogP contribution < -0.4 is 19.5 Å². The summed E-state index contributed by atoms with van der Waals surface area (Å²) in [6.07, 6.45) is 0. The Kier molecular flexibility index (Phi) is 7.11. The molecule has 0 saturated carbocycles. The van der Waals surface area contributed by atoms with Crippen molar-refractivity contribution in [2.45, 2.75) is 20.1 Å². The third-order valence-corrected chi connectivity index (χ3v) is 4.37. The molecule has 0 saturated heterocycles. The molecule has 3 aromatic rings. The minimum Gasteiger partial charge on any atom is -0.493 e. The smallest absolute Gasteiger partial charge is 0.251 e. The summed E-state index contributed by atoms with van der Waals surface area (Å²) in [4.78, 5) is 12.6. The van der Waals surface area contributed by atoms with Gasteiger partial charge in [0.25, 0.3) is 5.91 Å². The SMILES string of the molecule is CCOc1ccc(C(=O)NCc2ccccc2)cc1COc1ccccc1OC. The van der Waals surface area contributed by atoms with E-state index in [0.717, 1.165) is 11.1 Å². The number of methoxy groups -OCH3 is 1. The van der Waals surface area contributed by atoms with E-state index in [2.05, 4.69) is 5.32 Å². The summed E-state index contributed by atoms with van der Waals surface area (Å²) in [7, 11) is 1.60. The second-order valence-corrected chi connectivity index (χ2v) is 6.36. The monoisotopic (exact) mass is 391 g/mol. The molecule has 0 spiro atoms. The molecule has 29 heavy (non-hydrogen) atoms. The van der Waals surface area contributed by atoms with Gasteiger partial charge in [0.2, 0.25) is 0 Å². The molecule has 0 atom stereocenters. The lowest BCUT2D eigenvalue weighted by Gasteiger charge is -2.15. The first-order valence-electron chi connectivity index (χ1n) is 9.55. The number of benzene rings is 3. The molecule has 3 aromatic carbocycles. The van der Waals surface area contributed by atoms with Crippen molar-refractivity contribution in [2.75, 3.05) is 13.7 Å². The Bertz CT molecular complexity index is 941. The predicted molar refractivity (Wildman–Crippen MR) is 113 cm³/mol. The minimum absolute atomic E-state index is 0.143. The van der Waals surface area contributed by atoms with Gasteiger partial charge in [-0.15, -0.1) is 0 Å². The van der Waals surface area contributed by atoms with Crippen molar-refractivity contribution in [2.24, 2.45) is 0 Å². The maximum Gasteiger partial charge on any atom is 0.251 e. The predicted octanol–water partition coefficient (Wildman–Crippen LogP) is 4.60. The van der Waals surface area contributed by atoms with Crippen molar-refractivity contribution in [3.05, 3.63) is 89.5 Å². The normalized spacial score (nSPS) is 10.3. The van der Waals surface area contributed by atoms with Gasteiger partial charge in [-0.25, -0.2) is 0 Å². The van der Waals surface area contributed by atoms with Crippen molar-refractivity contribution < 1.29 is 19.0 Å². The molecule has 0 bridgehead atoms. The summed E-state index contributed by atoms with van der Waals surface area (Å²) >= 11 is 0. The van der Waals surface area contributed by atoms with Crippen LogP contribution in [0.15, 0.2) is 72.8 Å². The van der Waals surface area contributed by atoms with Gasteiger partial charge in [0.15, 0.2) is 11.5 Å². The fourth-order valence-electron chi connectivity index (χ4n) is 2.90. The Morgan fingerprint density at radius 2 is 1.59 bits per heavy atom. The second kappa shape index (κ2) is 10.2. The Morgan fingerprint density at radius 3 is 2.31 bits per heavy atom. The van der Waals surface area contributed by atoms with Crippen molar-refractivity contribution in [3.8, 4) is 17.2 Å². The van der Waals surface area contributed by atoms with Crippen molar-refractivity contribution in [1.29, 1.82) is 0 Å². The summed E-state index contributed by atoms with van der Waals surface area (Å²) in [5, 5.41) is 2.95. The lowest BCUT2D eigenvalue weighted by molar-refractivity contribution is 0.0950. The van der Waals surface area contributed by atoms with E-state index in [0.29, 0.717) is 36.0 Å². The second-order valence-electron chi connectivity index (χ2n) is 6.36. The largest absolute Gasteiger partial charge is 0.493 e. The average molecular weight is 391 g/mol. The topological polar surface area (TPSA) is 56.8 Å². The molecule has 3 rings (SSSR count). The molecule has 0 aliphatic heterocycles. The number of nitrogens with one attached hydrogen (secondary N) is 1. The van der Waals surface area contributed by atoms with Crippen molar-refractivity contribution in [1.82, 2.24) is 5.32 Å². The van der Waals surface area contributed by atoms with Crippen LogP contribution in [0, 0.1) is 0 Å². The maximum atomic E-state index is 12.6. The molecule has 0 unspecified atom stereocenters. The molecular weight excluding hydrogens is 366 g/mol. The lowest BCUT2D eigenvalue weighted by atomic mass is 10.1. The number of para-hydroxylation sites is 2. The van der Waals surface area contributed by atoms with Crippen LogP contribution in [0.3, 0.4) is 0 Å². The van der Waals surface area contributed by atoms with Gasteiger partial charge in [0.1, 0.15) is 12.4 Å². The van der Waals surface area contributed by atoms with Crippen LogP contribution in [-0.2, 0) is 13.2 Å². The summed E-state index contributed by atoms with van der Waals surface area (Å²) in [5.41, 5.74) is 2.40. The number of amides is 1. The van der Waals surface area contributed by atoms with E-state index in [1.165, 1.54) is 0 Å². The first-order valence-corrected chi connectivity index (χ1v) is 9.55. The summed E-state index contributed by atoms with van der Waals surface area (Å²) in [6, 6.07) is 22.6. The first kappa shape index (κ1) is 20.3. The van der Waals surface area contributed by atoms with Crippen LogP contribution in [-0.4, -0.2) is 19.6 Å². The molecule has 0 heterocycles. The van der Waals surface area contributed by atoms with E-state index in [-0.39, 0.29) is 12.5 Å². The highest BCUT2D eigenvalue weighted by Gasteiger charge is 2.12. The van der Waals surface area contributed by atoms with Crippen LogP contribution in [0.2, 0.25) is 0 Å². The zero-order valence-electron chi connectivity index (χ0n) is 16.7. The van der Waals surface area contributed by atoms with Crippen LogP contribution in [0.25, 0.3) is 0 Å². The van der Waals surface area contributed by atoms with Gasteiger partial charge < -0.3 is 19.5 Å². The third kappa shape index (κ3) is 5.51. The number of carbonyl (C=O) groups is 1. The van der Waals surface area contributed by atoms with Gasteiger partial charge in [0, 0.05) is 17.7 Å². The van der Waals surface area contributed by atoms with Gasteiger partial charge in [-0.05, 0) is 42.8 Å². The standard InChI is InChI=1S/C24H25NO4/c1-3-28-21-14-13-19(24(26)25-16-18-9-5-4-6-10-18)15-20(21)17-29-23-12-8-7-11-22(23)27-2/h4-15H,3,16-17H2,1-2H3,(H,25,26). The Hall–Kier alpha value is -3.47. The zero-order chi connectivity index (χ0) is 20.5. The van der Waals surface area contributed by atoms with Gasteiger partial charge >= 0.3 is 0 Å². The van der Waals surface area contributed by atoms with Gasteiger partial charge in [-0.2, -0.15) is 0 Å². The van der Waals surface area contributed by atoms with E-state index in [1.807, 2.05) is 67.6 Å².